The van der Waals surface area contributed by atoms with E-state index in [9.17, 15) is 9.59 Å². The van der Waals surface area contributed by atoms with Gasteiger partial charge in [0.2, 0.25) is 0 Å². The van der Waals surface area contributed by atoms with E-state index >= 15 is 0 Å². The van der Waals surface area contributed by atoms with Crippen LogP contribution in [0.1, 0.15) is 55.8 Å². The standard InChI is InChI=1S/C21H27NO4/c1-13(26-20(24)17-5-3-4-6-18(17)25-2)19(23)22-21-10-14-7-15(11-21)9-16(8-14)12-21/h3-6,13-16H,7-12H2,1-2H3,(H,22,23)/t13-,14?,15?,16?,21?/m0/s1. The fourth-order valence-electron chi connectivity index (χ4n) is 5.72. The minimum atomic E-state index is -0.819. The van der Waals surface area contributed by atoms with Crippen molar-refractivity contribution in [3.63, 3.8) is 0 Å². The molecule has 0 aromatic heterocycles. The Labute approximate surface area is 154 Å². The van der Waals surface area contributed by atoms with Gasteiger partial charge in [-0.3, -0.25) is 4.79 Å². The summed E-state index contributed by atoms with van der Waals surface area (Å²) in [5, 5.41) is 3.26. The SMILES string of the molecule is COc1ccccc1C(=O)O[C@@H](C)C(=O)NC12CC3CC(CC(C3)C1)C2. The lowest BCUT2D eigenvalue weighted by Gasteiger charge is -2.57. The van der Waals surface area contributed by atoms with E-state index in [0.717, 1.165) is 37.0 Å². The van der Waals surface area contributed by atoms with Crippen molar-refractivity contribution in [3.05, 3.63) is 29.8 Å². The number of amides is 1. The van der Waals surface area contributed by atoms with Gasteiger partial charge in [0.15, 0.2) is 6.10 Å². The van der Waals surface area contributed by atoms with E-state index < -0.39 is 12.1 Å². The van der Waals surface area contributed by atoms with E-state index in [2.05, 4.69) is 5.32 Å². The lowest BCUT2D eigenvalue weighted by atomic mass is 9.53. The number of methoxy groups -OCH3 is 1. The van der Waals surface area contributed by atoms with E-state index in [4.69, 9.17) is 9.47 Å². The summed E-state index contributed by atoms with van der Waals surface area (Å²) in [6.45, 7) is 1.64. The molecule has 5 rings (SSSR count). The average molecular weight is 357 g/mol. The van der Waals surface area contributed by atoms with Crippen LogP contribution >= 0.6 is 0 Å². The summed E-state index contributed by atoms with van der Waals surface area (Å²) in [4.78, 5) is 25.2. The maximum Gasteiger partial charge on any atom is 0.342 e. The lowest BCUT2D eigenvalue weighted by molar-refractivity contribution is -0.134. The Morgan fingerprint density at radius 3 is 2.23 bits per heavy atom. The number of nitrogens with one attached hydrogen (secondary N) is 1. The molecule has 1 aromatic carbocycles. The van der Waals surface area contributed by atoms with Crippen molar-refractivity contribution in [1.82, 2.24) is 5.32 Å². The summed E-state index contributed by atoms with van der Waals surface area (Å²) in [5.41, 5.74) is 0.265. The number of para-hydroxylation sites is 1. The second-order valence-corrected chi connectivity index (χ2v) is 8.43. The van der Waals surface area contributed by atoms with Gasteiger partial charge in [-0.05, 0) is 75.3 Å². The molecule has 0 unspecified atom stereocenters. The smallest absolute Gasteiger partial charge is 0.342 e. The van der Waals surface area contributed by atoms with Crippen LogP contribution < -0.4 is 10.1 Å². The zero-order valence-corrected chi connectivity index (χ0v) is 15.5. The molecule has 0 spiro atoms. The molecule has 4 fully saturated rings. The Morgan fingerprint density at radius 2 is 1.65 bits per heavy atom. The Morgan fingerprint density at radius 1 is 1.08 bits per heavy atom. The number of esters is 1. The predicted molar refractivity (Wildman–Crippen MR) is 96.9 cm³/mol. The minimum absolute atomic E-state index is 0.0725. The molecule has 5 nitrogen and oxygen atoms in total. The van der Waals surface area contributed by atoms with Gasteiger partial charge >= 0.3 is 5.97 Å². The summed E-state index contributed by atoms with van der Waals surface area (Å²) in [7, 11) is 1.51. The zero-order valence-electron chi connectivity index (χ0n) is 15.5. The van der Waals surface area contributed by atoms with Crippen LogP contribution in [0.2, 0.25) is 0 Å². The topological polar surface area (TPSA) is 64.6 Å². The first kappa shape index (κ1) is 17.4. The molecule has 1 N–H and O–H groups in total. The van der Waals surface area contributed by atoms with Crippen molar-refractivity contribution < 1.29 is 19.1 Å². The highest BCUT2D eigenvalue weighted by Crippen LogP contribution is 2.55. The van der Waals surface area contributed by atoms with Gasteiger partial charge in [-0.2, -0.15) is 0 Å². The van der Waals surface area contributed by atoms with Crippen LogP contribution in [0.4, 0.5) is 0 Å². The first-order valence-electron chi connectivity index (χ1n) is 9.64. The van der Waals surface area contributed by atoms with Gasteiger partial charge in [-0.25, -0.2) is 4.79 Å². The number of carbonyl (C=O) groups is 2. The van der Waals surface area contributed by atoms with Crippen LogP contribution in [0.5, 0.6) is 5.75 Å². The quantitative estimate of drug-likeness (QED) is 0.821. The Hall–Kier alpha value is -2.04. The third-order valence-corrected chi connectivity index (χ3v) is 6.41. The fourth-order valence-corrected chi connectivity index (χ4v) is 5.72. The lowest BCUT2D eigenvalue weighted by Crippen LogP contribution is -2.61. The van der Waals surface area contributed by atoms with Crippen molar-refractivity contribution in [2.45, 2.75) is 57.1 Å². The molecule has 1 aromatic rings. The summed E-state index contributed by atoms with van der Waals surface area (Å²) in [6.07, 6.45) is 6.41. The summed E-state index contributed by atoms with van der Waals surface area (Å²) in [6, 6.07) is 6.89. The summed E-state index contributed by atoms with van der Waals surface area (Å²) in [5.74, 6) is 2.01. The molecule has 5 heteroatoms. The van der Waals surface area contributed by atoms with Crippen LogP contribution in [0.15, 0.2) is 24.3 Å². The number of rotatable bonds is 5. The Balaban J connectivity index is 1.40. The first-order chi connectivity index (χ1) is 12.5. The molecular weight excluding hydrogens is 330 g/mol. The molecule has 26 heavy (non-hydrogen) atoms. The molecule has 4 bridgehead atoms. The highest BCUT2D eigenvalue weighted by Gasteiger charge is 2.51. The molecule has 140 valence electrons. The Bertz CT molecular complexity index is 678. The van der Waals surface area contributed by atoms with Crippen molar-refractivity contribution in [2.24, 2.45) is 17.8 Å². The van der Waals surface area contributed by atoms with Gasteiger partial charge in [0, 0.05) is 5.54 Å². The van der Waals surface area contributed by atoms with Gasteiger partial charge in [-0.15, -0.1) is 0 Å². The van der Waals surface area contributed by atoms with Crippen molar-refractivity contribution in [3.8, 4) is 5.75 Å². The second-order valence-electron chi connectivity index (χ2n) is 8.43. The molecule has 0 aliphatic heterocycles. The molecule has 0 heterocycles. The normalized spacial score (nSPS) is 32.8. The molecule has 0 saturated heterocycles. The molecule has 0 radical (unpaired) electrons. The van der Waals surface area contributed by atoms with E-state index in [1.165, 1.54) is 26.4 Å². The number of hydrogen-bond donors (Lipinski definition) is 1. The summed E-state index contributed by atoms with van der Waals surface area (Å²) < 4.78 is 10.6. The summed E-state index contributed by atoms with van der Waals surface area (Å²) >= 11 is 0. The van der Waals surface area contributed by atoms with Crippen molar-refractivity contribution in [2.75, 3.05) is 7.11 Å². The Kier molecular flexibility index (Phi) is 4.41. The largest absolute Gasteiger partial charge is 0.496 e. The third kappa shape index (κ3) is 3.19. The maximum absolute atomic E-state index is 12.7. The molecule has 1 atom stereocenters. The van der Waals surface area contributed by atoms with Gasteiger partial charge in [0.05, 0.1) is 7.11 Å². The van der Waals surface area contributed by atoms with E-state index in [1.54, 1.807) is 31.2 Å². The molecule has 4 saturated carbocycles. The molecule has 1 amide bonds. The van der Waals surface area contributed by atoms with Crippen LogP contribution in [-0.4, -0.2) is 30.6 Å². The van der Waals surface area contributed by atoms with Gasteiger partial charge < -0.3 is 14.8 Å². The second kappa shape index (κ2) is 6.60. The van der Waals surface area contributed by atoms with Crippen molar-refractivity contribution in [1.29, 1.82) is 0 Å². The number of benzene rings is 1. The first-order valence-corrected chi connectivity index (χ1v) is 9.64. The fraction of sp³-hybridized carbons (Fsp3) is 0.619. The predicted octanol–water partition coefficient (Wildman–Crippen LogP) is 3.33. The average Bonchev–Trinajstić information content (AvgIpc) is 2.59. The highest BCUT2D eigenvalue weighted by molar-refractivity contribution is 5.94. The maximum atomic E-state index is 12.7. The minimum Gasteiger partial charge on any atom is -0.496 e. The van der Waals surface area contributed by atoms with Crippen LogP contribution in [-0.2, 0) is 9.53 Å². The van der Waals surface area contributed by atoms with E-state index in [-0.39, 0.29) is 11.4 Å². The zero-order chi connectivity index (χ0) is 18.3. The van der Waals surface area contributed by atoms with E-state index in [0.29, 0.717) is 11.3 Å². The number of hydrogen-bond acceptors (Lipinski definition) is 4. The van der Waals surface area contributed by atoms with Gasteiger partial charge in [-0.1, -0.05) is 12.1 Å². The van der Waals surface area contributed by atoms with Crippen LogP contribution in [0.25, 0.3) is 0 Å². The van der Waals surface area contributed by atoms with Crippen LogP contribution in [0.3, 0.4) is 0 Å². The van der Waals surface area contributed by atoms with Crippen molar-refractivity contribution >= 4 is 11.9 Å². The number of ether oxygens (including phenoxy) is 2. The van der Waals surface area contributed by atoms with Crippen LogP contribution in [0, 0.1) is 17.8 Å². The van der Waals surface area contributed by atoms with Gasteiger partial charge in [0.1, 0.15) is 11.3 Å². The monoisotopic (exact) mass is 357 g/mol. The molecule has 4 aliphatic rings. The van der Waals surface area contributed by atoms with E-state index in [1.807, 2.05) is 0 Å². The highest BCUT2D eigenvalue weighted by atomic mass is 16.5. The molecule has 4 aliphatic carbocycles. The van der Waals surface area contributed by atoms with Gasteiger partial charge in [0.25, 0.3) is 5.91 Å². The third-order valence-electron chi connectivity index (χ3n) is 6.41. The number of carbonyl (C=O) groups excluding carboxylic acids is 2. The molecular formula is C21H27NO4.